The molecule has 2 heterocycles. The number of nitrogens with zero attached hydrogens (tertiary/aromatic N) is 3. The minimum Gasteiger partial charge on any atom is -0.456 e. The molecular weight excluding hydrogens is 635 g/mol. The highest BCUT2D eigenvalue weighted by atomic mass is 16.3. The van der Waals surface area contributed by atoms with Crippen LogP contribution in [-0.2, 0) is 0 Å². The lowest BCUT2D eigenvalue weighted by Crippen LogP contribution is -2.55. The molecule has 0 amide bonds. The van der Waals surface area contributed by atoms with Gasteiger partial charge in [-0.3, -0.25) is 0 Å². The van der Waals surface area contributed by atoms with E-state index in [2.05, 4.69) is 139 Å². The van der Waals surface area contributed by atoms with Crippen LogP contribution in [0.1, 0.15) is 0 Å². The van der Waals surface area contributed by atoms with Crippen molar-refractivity contribution >= 4 is 155 Å². The third kappa shape index (κ3) is 5.84. The Bertz CT molecular complexity index is 2750. The summed E-state index contributed by atoms with van der Waals surface area (Å²) in [5.41, 5.74) is 22.7. The Morgan fingerprint density at radius 1 is 0.321 bits per heavy atom. The van der Waals surface area contributed by atoms with Gasteiger partial charge in [-0.15, -0.1) is 32.8 Å². The molecule has 242 valence electrons. The minimum atomic E-state index is 0.605. The molecule has 14 heteroatoms. The van der Waals surface area contributed by atoms with E-state index in [1.165, 1.54) is 71.3 Å². The lowest BCUT2D eigenvalue weighted by atomic mass is 9.59. The van der Waals surface area contributed by atoms with Crippen LogP contribution in [0.25, 0.3) is 78.4 Å². The second kappa shape index (κ2) is 13.3. The number of hydrogen-bond acceptors (Lipinski definition) is 4. The van der Waals surface area contributed by atoms with Gasteiger partial charge in [-0.2, -0.15) is 0 Å². The maximum absolute atomic E-state index is 6.61. The summed E-state index contributed by atoms with van der Waals surface area (Å²) in [6.45, 7) is 0. The van der Waals surface area contributed by atoms with Crippen molar-refractivity contribution in [3.05, 3.63) is 91.0 Å². The standard InChI is InChI=1S/C39H35B10N3O/c40-27-25(28(41)32(45)35(48)31(27)44)17-7-4-8-19(13-17)38-50-37(16-5-2-1-3-6-16)51-39(52-38)20-10-12-22-21-11-9-18(14-23(21)53-24(22)15-20)26-29(42)33(46)36(49)34(47)30(26)43/h1-15H,40-49H2. The van der Waals surface area contributed by atoms with Crippen LogP contribution < -0.4 is 54.6 Å². The van der Waals surface area contributed by atoms with Crippen molar-refractivity contribution in [3.63, 3.8) is 0 Å². The fourth-order valence-electron chi connectivity index (χ4n) is 8.10. The van der Waals surface area contributed by atoms with E-state index < -0.39 is 0 Å². The van der Waals surface area contributed by atoms with Crippen molar-refractivity contribution in [2.24, 2.45) is 0 Å². The van der Waals surface area contributed by atoms with Gasteiger partial charge >= 0.3 is 0 Å². The molecule has 0 saturated heterocycles. The first-order chi connectivity index (χ1) is 25.4. The molecule has 4 nitrogen and oxygen atoms in total. The number of benzene rings is 6. The topological polar surface area (TPSA) is 51.8 Å². The van der Waals surface area contributed by atoms with Crippen molar-refractivity contribution in [3.8, 4) is 56.4 Å². The molecule has 0 atom stereocenters. The first-order valence-electron chi connectivity index (χ1n) is 18.5. The molecule has 2 aromatic heterocycles. The van der Waals surface area contributed by atoms with Gasteiger partial charge in [0.1, 0.15) is 89.6 Å². The van der Waals surface area contributed by atoms with Crippen molar-refractivity contribution in [2.45, 2.75) is 0 Å². The normalized spacial score (nSPS) is 11.4. The van der Waals surface area contributed by atoms with Gasteiger partial charge in [0.05, 0.1) is 0 Å². The van der Waals surface area contributed by atoms with Crippen LogP contribution in [-0.4, -0.2) is 93.4 Å². The summed E-state index contributed by atoms with van der Waals surface area (Å²) in [6, 6.07) is 31.7. The zero-order chi connectivity index (χ0) is 37.3. The van der Waals surface area contributed by atoms with Crippen LogP contribution in [0.4, 0.5) is 0 Å². The average Bonchev–Trinajstić information content (AvgIpc) is 3.55. The lowest BCUT2D eigenvalue weighted by Gasteiger charge is -2.20. The molecule has 0 unspecified atom stereocenters. The zero-order valence-electron chi connectivity index (χ0n) is 32.4. The van der Waals surface area contributed by atoms with Crippen LogP contribution in [0.2, 0.25) is 0 Å². The third-order valence-corrected chi connectivity index (χ3v) is 12.1. The summed E-state index contributed by atoms with van der Waals surface area (Å²) in [4.78, 5) is 15.2. The van der Waals surface area contributed by atoms with Gasteiger partial charge in [0.2, 0.25) is 0 Å². The molecule has 0 spiro atoms. The van der Waals surface area contributed by atoms with Gasteiger partial charge in [-0.1, -0.05) is 82.5 Å². The van der Waals surface area contributed by atoms with E-state index in [-0.39, 0.29) is 0 Å². The molecule has 0 bridgehead atoms. The monoisotopic (exact) mass is 671 g/mol. The Morgan fingerprint density at radius 2 is 0.679 bits per heavy atom. The fourth-order valence-corrected chi connectivity index (χ4v) is 8.10. The first-order valence-corrected chi connectivity index (χ1v) is 18.5. The van der Waals surface area contributed by atoms with E-state index in [9.17, 15) is 0 Å². The Hall–Kier alpha value is -5.22. The van der Waals surface area contributed by atoms with Gasteiger partial charge in [-0.05, 0) is 52.6 Å². The first kappa shape index (κ1) is 34.8. The van der Waals surface area contributed by atoms with Crippen LogP contribution >= 0.6 is 0 Å². The molecular formula is C39H35B10N3O. The molecule has 0 aliphatic heterocycles. The van der Waals surface area contributed by atoms with Crippen molar-refractivity contribution in [1.82, 2.24) is 15.0 Å². The summed E-state index contributed by atoms with van der Waals surface area (Å²) in [7, 11) is 22.3. The van der Waals surface area contributed by atoms with Gasteiger partial charge in [0.15, 0.2) is 17.5 Å². The summed E-state index contributed by atoms with van der Waals surface area (Å²) < 4.78 is 6.61. The van der Waals surface area contributed by atoms with Crippen LogP contribution in [0.5, 0.6) is 0 Å². The predicted molar refractivity (Wildman–Crippen MR) is 256 cm³/mol. The van der Waals surface area contributed by atoms with Crippen LogP contribution in [0.3, 0.4) is 0 Å². The number of fused-ring (bicyclic) bond motifs is 3. The molecule has 0 radical (unpaired) electrons. The molecule has 0 fully saturated rings. The number of rotatable bonds is 5. The van der Waals surface area contributed by atoms with Crippen molar-refractivity contribution < 1.29 is 4.42 Å². The third-order valence-electron chi connectivity index (χ3n) is 12.1. The molecule has 0 N–H and O–H groups in total. The summed E-state index contributed by atoms with van der Waals surface area (Å²) in [6.07, 6.45) is 0. The van der Waals surface area contributed by atoms with E-state index in [1.54, 1.807) is 0 Å². The Morgan fingerprint density at radius 3 is 1.19 bits per heavy atom. The Labute approximate surface area is 320 Å². The maximum Gasteiger partial charge on any atom is 0.164 e. The second-order valence-corrected chi connectivity index (χ2v) is 14.8. The molecule has 53 heavy (non-hydrogen) atoms. The lowest BCUT2D eigenvalue weighted by molar-refractivity contribution is 0.669. The number of furan rings is 1. The van der Waals surface area contributed by atoms with Gasteiger partial charge in [-0.25, -0.2) is 15.0 Å². The van der Waals surface area contributed by atoms with Crippen molar-refractivity contribution in [1.29, 1.82) is 0 Å². The second-order valence-electron chi connectivity index (χ2n) is 14.8. The molecule has 6 aromatic carbocycles. The summed E-state index contributed by atoms with van der Waals surface area (Å²) in [5, 5.41) is 2.16. The predicted octanol–water partition coefficient (Wildman–Crippen LogP) is -7.31. The SMILES string of the molecule is Bc1c(B)c(B)c(-c2cccc(-c3nc(-c4ccccc4)nc(-c4ccc5c(c4)oc4cc(-c6c(B)c(B)c(B)c(B)c6B)ccc45)n3)c2)c(B)c1B. The van der Waals surface area contributed by atoms with E-state index in [0.29, 0.717) is 17.5 Å². The van der Waals surface area contributed by atoms with E-state index in [1.807, 2.05) is 30.3 Å². The van der Waals surface area contributed by atoms with E-state index >= 15 is 0 Å². The molecule has 8 rings (SSSR count). The summed E-state index contributed by atoms with van der Waals surface area (Å²) >= 11 is 0. The van der Waals surface area contributed by atoms with Gasteiger partial charge in [0.25, 0.3) is 0 Å². The molecule has 8 aromatic rings. The highest BCUT2D eigenvalue weighted by Gasteiger charge is 2.19. The fraction of sp³-hybridized carbons (Fsp3) is 0. The Balaban J connectivity index is 1.26. The van der Waals surface area contributed by atoms with Crippen LogP contribution in [0.15, 0.2) is 95.4 Å². The highest BCUT2D eigenvalue weighted by Crippen LogP contribution is 2.34. The van der Waals surface area contributed by atoms with Crippen molar-refractivity contribution in [2.75, 3.05) is 0 Å². The van der Waals surface area contributed by atoms with Gasteiger partial charge < -0.3 is 4.42 Å². The quantitative estimate of drug-likeness (QED) is 0.171. The van der Waals surface area contributed by atoms with E-state index in [4.69, 9.17) is 19.4 Å². The number of hydrogen-bond donors (Lipinski definition) is 0. The van der Waals surface area contributed by atoms with E-state index in [0.717, 1.165) is 44.2 Å². The highest BCUT2D eigenvalue weighted by molar-refractivity contribution is 6.69. The molecule has 0 aliphatic rings. The smallest absolute Gasteiger partial charge is 0.164 e. The number of aromatic nitrogens is 3. The largest absolute Gasteiger partial charge is 0.456 e. The van der Waals surface area contributed by atoms with Crippen LogP contribution in [0, 0.1) is 0 Å². The van der Waals surface area contributed by atoms with Gasteiger partial charge in [0, 0.05) is 27.5 Å². The zero-order valence-corrected chi connectivity index (χ0v) is 32.4. The molecule has 0 saturated carbocycles. The molecule has 0 aliphatic carbocycles. The summed E-state index contributed by atoms with van der Waals surface area (Å²) in [5.74, 6) is 1.87. The Kier molecular flexibility index (Phi) is 8.76. The average molecular weight is 670 g/mol. The minimum absolute atomic E-state index is 0.605. The maximum atomic E-state index is 6.61.